The minimum Gasteiger partial charge on any atom is -0.249 e. The monoisotopic (exact) mass is 416 g/mol. The molecule has 0 saturated carbocycles. The molecule has 4 rings (SSSR count). The fourth-order valence-electron chi connectivity index (χ4n) is 3.51. The van der Waals surface area contributed by atoms with Gasteiger partial charge in [-0.2, -0.15) is 0 Å². The number of fused-ring (bicyclic) bond motifs is 1. The molecule has 0 bridgehead atoms. The zero-order valence-corrected chi connectivity index (χ0v) is 18.2. The summed E-state index contributed by atoms with van der Waals surface area (Å²) in [6, 6.07) is 20.8. The Bertz CT molecular complexity index is 1330. The lowest BCUT2D eigenvalue weighted by atomic mass is 10.0. The van der Waals surface area contributed by atoms with Crippen LogP contribution in [-0.4, -0.2) is 18.4 Å². The Kier molecular flexibility index (Phi) is 5.39. The molecular formula is C25H24N2O2S. The molecule has 4 nitrogen and oxygen atoms in total. The molecule has 3 aromatic carbocycles. The van der Waals surface area contributed by atoms with Crippen LogP contribution >= 0.6 is 0 Å². The number of nitrogens with zero attached hydrogens (tertiary/aromatic N) is 2. The number of aromatic nitrogens is 2. The largest absolute Gasteiger partial charge is 0.249 e. The molecule has 0 fully saturated rings. The molecule has 0 aliphatic carbocycles. The maximum Gasteiger partial charge on any atom is 0.184 e. The van der Waals surface area contributed by atoms with Crippen molar-refractivity contribution < 1.29 is 8.42 Å². The normalized spacial score (nSPS) is 11.7. The van der Waals surface area contributed by atoms with Crippen LogP contribution in [0.25, 0.3) is 11.0 Å². The Morgan fingerprint density at radius 1 is 0.733 bits per heavy atom. The van der Waals surface area contributed by atoms with Crippen molar-refractivity contribution in [3.63, 3.8) is 0 Å². The summed E-state index contributed by atoms with van der Waals surface area (Å²) in [5.41, 5.74) is 7.17. The summed E-state index contributed by atoms with van der Waals surface area (Å²) < 4.78 is 26.2. The number of hydrogen-bond acceptors (Lipinski definition) is 4. The molecule has 0 radical (unpaired) electrons. The van der Waals surface area contributed by atoms with E-state index in [9.17, 15) is 8.42 Å². The highest BCUT2D eigenvalue weighted by Gasteiger charge is 2.20. The fourth-order valence-corrected chi connectivity index (χ4v) is 4.82. The summed E-state index contributed by atoms with van der Waals surface area (Å²) >= 11 is 0. The molecule has 1 aromatic heterocycles. The van der Waals surface area contributed by atoms with Gasteiger partial charge < -0.3 is 0 Å². The third-order valence-electron chi connectivity index (χ3n) is 5.30. The summed E-state index contributed by atoms with van der Waals surface area (Å²) in [5, 5.41) is 0. The molecular weight excluding hydrogens is 392 g/mol. The standard InChI is InChI=1S/C25H24N2O2S/c1-17-9-12-21(13-10-17)30(28,29)16-25-24(15-20-14-18(2)8-11-19(20)3)26-22-6-4-5-7-23(22)27-25/h4-14H,15-16H2,1-3H3. The molecule has 0 atom stereocenters. The van der Waals surface area contributed by atoms with E-state index in [4.69, 9.17) is 9.97 Å². The van der Waals surface area contributed by atoms with Gasteiger partial charge in [0, 0.05) is 6.42 Å². The second kappa shape index (κ2) is 8.00. The first-order valence-corrected chi connectivity index (χ1v) is 11.6. The Labute approximate surface area is 177 Å². The first-order valence-electron chi connectivity index (χ1n) is 9.92. The van der Waals surface area contributed by atoms with Gasteiger partial charge in [-0.05, 0) is 56.2 Å². The van der Waals surface area contributed by atoms with Crippen LogP contribution < -0.4 is 0 Å². The van der Waals surface area contributed by atoms with Crippen LogP contribution in [0.15, 0.2) is 71.6 Å². The molecule has 0 amide bonds. The Morgan fingerprint density at radius 2 is 1.33 bits per heavy atom. The number of sulfone groups is 1. The van der Waals surface area contributed by atoms with Crippen LogP contribution in [0.2, 0.25) is 0 Å². The van der Waals surface area contributed by atoms with Crippen LogP contribution in [0, 0.1) is 20.8 Å². The Balaban J connectivity index is 1.80. The van der Waals surface area contributed by atoms with Crippen LogP contribution in [-0.2, 0) is 22.0 Å². The topological polar surface area (TPSA) is 59.9 Å². The number of aryl methyl sites for hydroxylation is 3. The quantitative estimate of drug-likeness (QED) is 0.453. The van der Waals surface area contributed by atoms with Crippen molar-refractivity contribution in [1.29, 1.82) is 0 Å². The molecule has 152 valence electrons. The molecule has 0 spiro atoms. The Hall–Kier alpha value is -3.05. The first-order chi connectivity index (χ1) is 14.3. The van der Waals surface area contributed by atoms with Crippen molar-refractivity contribution in [1.82, 2.24) is 9.97 Å². The van der Waals surface area contributed by atoms with Crippen LogP contribution in [0.5, 0.6) is 0 Å². The second-order valence-electron chi connectivity index (χ2n) is 7.78. The number of hydrogen-bond donors (Lipinski definition) is 0. The van der Waals surface area contributed by atoms with Gasteiger partial charge in [0.05, 0.1) is 33.1 Å². The molecule has 4 aromatic rings. The van der Waals surface area contributed by atoms with Gasteiger partial charge >= 0.3 is 0 Å². The minimum absolute atomic E-state index is 0.173. The van der Waals surface area contributed by atoms with E-state index < -0.39 is 9.84 Å². The fraction of sp³-hybridized carbons (Fsp3) is 0.200. The number of rotatable bonds is 5. The van der Waals surface area contributed by atoms with E-state index in [-0.39, 0.29) is 5.75 Å². The summed E-state index contributed by atoms with van der Waals surface area (Å²) in [6.45, 7) is 6.05. The molecule has 5 heteroatoms. The van der Waals surface area contributed by atoms with Crippen LogP contribution in [0.3, 0.4) is 0 Å². The summed E-state index contributed by atoms with van der Waals surface area (Å²) in [4.78, 5) is 9.82. The molecule has 0 unspecified atom stereocenters. The molecule has 0 aliphatic rings. The first kappa shape index (κ1) is 20.2. The van der Waals surface area contributed by atoms with Crippen molar-refractivity contribution in [2.75, 3.05) is 0 Å². The van der Waals surface area contributed by atoms with Gasteiger partial charge in [0.2, 0.25) is 0 Å². The van der Waals surface area contributed by atoms with E-state index in [0.29, 0.717) is 28.2 Å². The third-order valence-corrected chi connectivity index (χ3v) is 6.94. The molecule has 0 aliphatic heterocycles. The maximum atomic E-state index is 13.1. The van der Waals surface area contributed by atoms with Gasteiger partial charge in [0.1, 0.15) is 0 Å². The van der Waals surface area contributed by atoms with Crippen LogP contribution in [0.1, 0.15) is 33.6 Å². The summed E-state index contributed by atoms with van der Waals surface area (Å²) in [7, 11) is -3.53. The summed E-state index contributed by atoms with van der Waals surface area (Å²) in [6.07, 6.45) is 0.546. The predicted molar refractivity (Wildman–Crippen MR) is 120 cm³/mol. The van der Waals surface area contributed by atoms with Gasteiger partial charge in [-0.15, -0.1) is 0 Å². The lowest BCUT2D eigenvalue weighted by Gasteiger charge is -2.13. The molecule has 30 heavy (non-hydrogen) atoms. The van der Waals surface area contributed by atoms with Gasteiger partial charge in [-0.25, -0.2) is 18.4 Å². The van der Waals surface area contributed by atoms with Gasteiger partial charge in [0.25, 0.3) is 0 Å². The number of para-hydroxylation sites is 2. The van der Waals surface area contributed by atoms with Crippen molar-refractivity contribution in [2.24, 2.45) is 0 Å². The highest BCUT2D eigenvalue weighted by atomic mass is 32.2. The lowest BCUT2D eigenvalue weighted by molar-refractivity contribution is 0.594. The highest BCUT2D eigenvalue weighted by Crippen LogP contribution is 2.23. The smallest absolute Gasteiger partial charge is 0.184 e. The van der Waals surface area contributed by atoms with Crippen molar-refractivity contribution in [3.8, 4) is 0 Å². The summed E-state index contributed by atoms with van der Waals surface area (Å²) in [5.74, 6) is -0.173. The Morgan fingerprint density at radius 3 is 2.00 bits per heavy atom. The second-order valence-corrected chi connectivity index (χ2v) is 9.77. The zero-order valence-electron chi connectivity index (χ0n) is 17.4. The lowest BCUT2D eigenvalue weighted by Crippen LogP contribution is -2.11. The maximum absolute atomic E-state index is 13.1. The van der Waals surface area contributed by atoms with Crippen molar-refractivity contribution in [3.05, 3.63) is 100 Å². The molecule has 1 heterocycles. The van der Waals surface area contributed by atoms with Crippen molar-refractivity contribution >= 4 is 20.9 Å². The van der Waals surface area contributed by atoms with Gasteiger partial charge in [-0.1, -0.05) is 53.6 Å². The SMILES string of the molecule is Cc1ccc(S(=O)(=O)Cc2nc3ccccc3nc2Cc2cc(C)ccc2C)cc1. The molecule has 0 N–H and O–H groups in total. The van der Waals surface area contributed by atoms with Gasteiger partial charge in [0.15, 0.2) is 9.84 Å². The van der Waals surface area contributed by atoms with E-state index in [0.717, 1.165) is 27.8 Å². The van der Waals surface area contributed by atoms with Gasteiger partial charge in [-0.3, -0.25) is 0 Å². The predicted octanol–water partition coefficient (Wildman–Crippen LogP) is 5.12. The van der Waals surface area contributed by atoms with E-state index >= 15 is 0 Å². The van der Waals surface area contributed by atoms with Crippen molar-refractivity contribution in [2.45, 2.75) is 37.8 Å². The van der Waals surface area contributed by atoms with E-state index in [2.05, 4.69) is 32.0 Å². The number of benzene rings is 3. The van der Waals surface area contributed by atoms with E-state index in [1.165, 1.54) is 0 Å². The highest BCUT2D eigenvalue weighted by molar-refractivity contribution is 7.90. The minimum atomic E-state index is -3.53. The average molecular weight is 417 g/mol. The molecule has 0 saturated heterocycles. The van der Waals surface area contributed by atoms with E-state index in [1.807, 2.05) is 43.3 Å². The zero-order chi connectivity index (χ0) is 21.3. The van der Waals surface area contributed by atoms with E-state index in [1.54, 1.807) is 12.1 Å². The van der Waals surface area contributed by atoms with Crippen LogP contribution in [0.4, 0.5) is 0 Å². The average Bonchev–Trinajstić information content (AvgIpc) is 2.71. The third kappa shape index (κ3) is 4.26.